The van der Waals surface area contributed by atoms with Gasteiger partial charge in [-0.25, -0.2) is 0 Å². The SMILES string of the molecule is CC1(C)[C@H]2CC[C@@]1(C)C/C2=N/Nc1ccc([N+](=O)[O-])cc1[N+](=O)[O-]. The van der Waals surface area contributed by atoms with E-state index in [0.29, 0.717) is 5.92 Å². The Morgan fingerprint density at radius 1 is 1.21 bits per heavy atom. The number of rotatable bonds is 4. The highest BCUT2D eigenvalue weighted by Crippen LogP contribution is 2.64. The zero-order chi connectivity index (χ0) is 17.7. The first kappa shape index (κ1) is 16.4. The molecule has 0 spiro atoms. The molecule has 0 unspecified atom stereocenters. The molecule has 8 heteroatoms. The van der Waals surface area contributed by atoms with Gasteiger partial charge in [0.15, 0.2) is 0 Å². The molecule has 0 aliphatic heterocycles. The molecule has 2 saturated carbocycles. The predicted molar refractivity (Wildman–Crippen MR) is 90.0 cm³/mol. The van der Waals surface area contributed by atoms with Gasteiger partial charge < -0.3 is 0 Å². The highest BCUT2D eigenvalue weighted by Gasteiger charge is 2.59. The van der Waals surface area contributed by atoms with Crippen molar-refractivity contribution in [1.82, 2.24) is 0 Å². The lowest BCUT2D eigenvalue weighted by atomic mass is 9.71. The van der Waals surface area contributed by atoms with E-state index in [1.807, 2.05) is 0 Å². The van der Waals surface area contributed by atoms with E-state index in [9.17, 15) is 20.2 Å². The minimum atomic E-state index is -0.651. The molecule has 2 aliphatic rings. The fourth-order valence-electron chi connectivity index (χ4n) is 4.12. The summed E-state index contributed by atoms with van der Waals surface area (Å²) in [6.07, 6.45) is 3.12. The third-order valence-electron chi connectivity index (χ3n) is 6.09. The summed E-state index contributed by atoms with van der Waals surface area (Å²) in [6.45, 7) is 6.77. The van der Waals surface area contributed by atoms with Crippen LogP contribution in [0.3, 0.4) is 0 Å². The molecule has 0 heterocycles. The van der Waals surface area contributed by atoms with E-state index in [1.165, 1.54) is 18.6 Å². The summed E-state index contributed by atoms with van der Waals surface area (Å²) in [6, 6.07) is 3.52. The first-order chi connectivity index (χ1) is 11.2. The molecule has 1 N–H and O–H groups in total. The van der Waals surface area contributed by atoms with Crippen LogP contribution in [0.2, 0.25) is 0 Å². The van der Waals surface area contributed by atoms with Crippen LogP contribution in [0.5, 0.6) is 0 Å². The third kappa shape index (κ3) is 2.33. The van der Waals surface area contributed by atoms with Crippen LogP contribution in [-0.2, 0) is 0 Å². The second-order valence-electron chi connectivity index (χ2n) is 7.48. The summed E-state index contributed by atoms with van der Waals surface area (Å²) in [5, 5.41) is 26.4. The van der Waals surface area contributed by atoms with Crippen LogP contribution in [-0.4, -0.2) is 15.6 Å². The highest BCUT2D eigenvalue weighted by atomic mass is 16.6. The van der Waals surface area contributed by atoms with Crippen LogP contribution in [0, 0.1) is 37.0 Å². The van der Waals surface area contributed by atoms with Crippen molar-refractivity contribution in [2.75, 3.05) is 5.43 Å². The predicted octanol–water partition coefficient (Wildman–Crippen LogP) is 4.12. The number of nitrogens with one attached hydrogen (secondary N) is 1. The van der Waals surface area contributed by atoms with Crippen LogP contribution in [0.1, 0.15) is 40.0 Å². The van der Waals surface area contributed by atoms with Gasteiger partial charge in [0.25, 0.3) is 5.69 Å². The molecule has 24 heavy (non-hydrogen) atoms. The Hall–Kier alpha value is -2.51. The Morgan fingerprint density at radius 3 is 2.42 bits per heavy atom. The van der Waals surface area contributed by atoms with Crippen LogP contribution in [0.15, 0.2) is 23.3 Å². The first-order valence-corrected chi connectivity index (χ1v) is 7.91. The lowest BCUT2D eigenvalue weighted by molar-refractivity contribution is -0.393. The smallest absolute Gasteiger partial charge is 0.272 e. The van der Waals surface area contributed by atoms with Gasteiger partial charge in [-0.2, -0.15) is 5.10 Å². The highest BCUT2D eigenvalue weighted by molar-refractivity contribution is 5.92. The Labute approximate surface area is 139 Å². The molecule has 2 bridgehead atoms. The molecule has 2 atom stereocenters. The van der Waals surface area contributed by atoms with Crippen LogP contribution >= 0.6 is 0 Å². The summed E-state index contributed by atoms with van der Waals surface area (Å²) in [7, 11) is 0. The number of hydrogen-bond donors (Lipinski definition) is 1. The summed E-state index contributed by atoms with van der Waals surface area (Å²) < 4.78 is 0. The Balaban J connectivity index is 1.88. The molecule has 3 rings (SSSR count). The Kier molecular flexibility index (Phi) is 3.58. The van der Waals surface area contributed by atoms with Gasteiger partial charge in [-0.3, -0.25) is 25.7 Å². The average molecular weight is 332 g/mol. The number of nitro benzene ring substituents is 2. The number of hydrazone groups is 1. The van der Waals surface area contributed by atoms with Crippen molar-refractivity contribution in [3.8, 4) is 0 Å². The van der Waals surface area contributed by atoms with Gasteiger partial charge in [-0.1, -0.05) is 20.8 Å². The maximum Gasteiger partial charge on any atom is 0.301 e. The van der Waals surface area contributed by atoms with Crippen molar-refractivity contribution in [1.29, 1.82) is 0 Å². The maximum atomic E-state index is 11.2. The van der Waals surface area contributed by atoms with Gasteiger partial charge in [-0.05, 0) is 36.2 Å². The molecule has 0 amide bonds. The molecule has 8 nitrogen and oxygen atoms in total. The molecule has 2 fully saturated rings. The molecule has 0 aromatic heterocycles. The van der Waals surface area contributed by atoms with Crippen molar-refractivity contribution >= 4 is 22.8 Å². The normalized spacial score (nSPS) is 29.0. The van der Waals surface area contributed by atoms with Crippen molar-refractivity contribution in [2.24, 2.45) is 21.8 Å². The number of fused-ring (bicyclic) bond motifs is 2. The summed E-state index contributed by atoms with van der Waals surface area (Å²) in [4.78, 5) is 20.7. The third-order valence-corrected chi connectivity index (χ3v) is 6.09. The standard InChI is InChI=1S/C16H20N4O4/c1-15(2)11-6-7-16(15,3)9-13(11)18-17-12-5-4-10(19(21)22)8-14(12)20(23)24/h4-5,8,11,17H,6-7,9H2,1-3H3/b18-13-/t11-,16-/m0/s1. The van der Waals surface area contributed by atoms with E-state index in [4.69, 9.17) is 0 Å². The number of benzene rings is 1. The van der Waals surface area contributed by atoms with Gasteiger partial charge in [0, 0.05) is 17.7 Å². The van der Waals surface area contributed by atoms with E-state index in [-0.39, 0.29) is 27.9 Å². The lowest BCUT2D eigenvalue weighted by Gasteiger charge is -2.33. The van der Waals surface area contributed by atoms with E-state index in [2.05, 4.69) is 31.3 Å². The molecule has 1 aromatic carbocycles. The summed E-state index contributed by atoms with van der Waals surface area (Å²) >= 11 is 0. The van der Waals surface area contributed by atoms with Gasteiger partial charge in [-0.15, -0.1) is 0 Å². The fourth-order valence-corrected chi connectivity index (χ4v) is 4.12. The second kappa shape index (κ2) is 5.25. The van der Waals surface area contributed by atoms with Gasteiger partial charge in [0.05, 0.1) is 15.9 Å². The molecule has 2 aliphatic carbocycles. The van der Waals surface area contributed by atoms with E-state index in [1.54, 1.807) is 0 Å². The number of nitro groups is 2. The van der Waals surface area contributed by atoms with E-state index in [0.717, 1.165) is 24.6 Å². The van der Waals surface area contributed by atoms with Crippen molar-refractivity contribution in [3.63, 3.8) is 0 Å². The Morgan fingerprint density at radius 2 is 1.92 bits per heavy atom. The molecule has 1 aromatic rings. The van der Waals surface area contributed by atoms with Crippen molar-refractivity contribution < 1.29 is 9.85 Å². The molecular formula is C16H20N4O4. The fraction of sp³-hybridized carbons (Fsp3) is 0.562. The number of nitrogens with zero attached hydrogens (tertiary/aromatic N) is 3. The van der Waals surface area contributed by atoms with Gasteiger partial charge in [0.2, 0.25) is 0 Å². The summed E-state index contributed by atoms with van der Waals surface area (Å²) in [5.41, 5.74) is 3.68. The monoisotopic (exact) mass is 332 g/mol. The summed E-state index contributed by atoms with van der Waals surface area (Å²) in [5.74, 6) is 0.368. The zero-order valence-electron chi connectivity index (χ0n) is 13.9. The van der Waals surface area contributed by atoms with E-state index < -0.39 is 9.85 Å². The van der Waals surface area contributed by atoms with Crippen molar-refractivity contribution in [2.45, 2.75) is 40.0 Å². The maximum absolute atomic E-state index is 11.2. The quantitative estimate of drug-likeness (QED) is 0.658. The minimum Gasteiger partial charge on any atom is -0.272 e. The van der Waals surface area contributed by atoms with Crippen LogP contribution < -0.4 is 5.43 Å². The number of hydrogen-bond acceptors (Lipinski definition) is 6. The van der Waals surface area contributed by atoms with E-state index >= 15 is 0 Å². The van der Waals surface area contributed by atoms with Crippen LogP contribution in [0.4, 0.5) is 17.1 Å². The molecule has 0 radical (unpaired) electrons. The number of non-ortho nitro benzene ring substituents is 1. The lowest BCUT2D eigenvalue weighted by Crippen LogP contribution is -2.26. The minimum absolute atomic E-state index is 0.162. The zero-order valence-corrected chi connectivity index (χ0v) is 13.9. The van der Waals surface area contributed by atoms with Crippen molar-refractivity contribution in [3.05, 3.63) is 38.4 Å². The molecule has 128 valence electrons. The Bertz CT molecular complexity index is 756. The first-order valence-electron chi connectivity index (χ1n) is 7.91. The average Bonchev–Trinajstić information content (AvgIpc) is 2.85. The van der Waals surface area contributed by atoms with Gasteiger partial charge in [0.1, 0.15) is 5.69 Å². The second-order valence-corrected chi connectivity index (χ2v) is 7.48. The van der Waals surface area contributed by atoms with Crippen LogP contribution in [0.25, 0.3) is 0 Å². The molecular weight excluding hydrogens is 312 g/mol. The van der Waals surface area contributed by atoms with Gasteiger partial charge >= 0.3 is 5.69 Å². The largest absolute Gasteiger partial charge is 0.301 e. The number of anilines is 1. The molecule has 0 saturated heterocycles. The topological polar surface area (TPSA) is 111 Å².